The van der Waals surface area contributed by atoms with Crippen molar-refractivity contribution < 1.29 is 4.74 Å². The number of benzene rings is 1. The summed E-state index contributed by atoms with van der Waals surface area (Å²) in [4.78, 5) is 0. The Labute approximate surface area is 77.3 Å². The number of hydrogen-bond donors (Lipinski definition) is 2. The van der Waals surface area contributed by atoms with Crippen LogP contribution in [0.4, 0.5) is 0 Å². The molecule has 1 aromatic rings. The Morgan fingerprint density at radius 3 is 2.46 bits per heavy atom. The van der Waals surface area contributed by atoms with Crippen molar-refractivity contribution in [2.24, 2.45) is 5.73 Å². The average Bonchev–Trinajstić information content (AvgIpc) is 2.18. The summed E-state index contributed by atoms with van der Waals surface area (Å²) in [6, 6.07) is 7.38. The van der Waals surface area contributed by atoms with E-state index in [9.17, 15) is 0 Å². The summed E-state index contributed by atoms with van der Waals surface area (Å²) in [6.45, 7) is 0. The van der Waals surface area contributed by atoms with E-state index in [0.29, 0.717) is 5.70 Å². The van der Waals surface area contributed by atoms with Gasteiger partial charge in [-0.05, 0) is 35.9 Å². The van der Waals surface area contributed by atoms with E-state index in [1.807, 2.05) is 24.3 Å². The lowest BCUT2D eigenvalue weighted by atomic mass is 10.1. The van der Waals surface area contributed by atoms with Gasteiger partial charge in [-0.1, -0.05) is 0 Å². The highest BCUT2D eigenvalue weighted by Gasteiger charge is 1.95. The van der Waals surface area contributed by atoms with Crippen LogP contribution in [0.15, 0.2) is 30.3 Å². The molecule has 0 bridgehead atoms. The second-order valence-electron chi connectivity index (χ2n) is 2.52. The normalized spacial score (nSPS) is 11.0. The lowest BCUT2D eigenvalue weighted by Gasteiger charge is -2.02. The molecule has 0 atom stereocenters. The molecular formula is C10H12N2O. The van der Waals surface area contributed by atoms with Crippen molar-refractivity contribution in [1.82, 2.24) is 0 Å². The van der Waals surface area contributed by atoms with Gasteiger partial charge in [-0.2, -0.15) is 0 Å². The van der Waals surface area contributed by atoms with Gasteiger partial charge in [0.05, 0.1) is 7.11 Å². The van der Waals surface area contributed by atoms with E-state index in [0.717, 1.165) is 11.3 Å². The van der Waals surface area contributed by atoms with Crippen molar-refractivity contribution in [3.63, 3.8) is 0 Å². The smallest absolute Gasteiger partial charge is 0.118 e. The molecule has 0 aromatic heterocycles. The largest absolute Gasteiger partial charge is 0.497 e. The highest BCUT2D eigenvalue weighted by Crippen LogP contribution is 2.14. The van der Waals surface area contributed by atoms with E-state index < -0.39 is 0 Å². The predicted octanol–water partition coefficient (Wildman–Crippen LogP) is 1.64. The van der Waals surface area contributed by atoms with E-state index in [4.69, 9.17) is 15.9 Å². The van der Waals surface area contributed by atoms with Gasteiger partial charge >= 0.3 is 0 Å². The Morgan fingerprint density at radius 1 is 1.38 bits per heavy atom. The first-order valence-electron chi connectivity index (χ1n) is 3.88. The maximum absolute atomic E-state index is 6.85. The predicted molar refractivity (Wildman–Crippen MR) is 53.9 cm³/mol. The van der Waals surface area contributed by atoms with Gasteiger partial charge in [-0.15, -0.1) is 0 Å². The Bertz CT molecular complexity index is 314. The molecule has 1 rings (SSSR count). The van der Waals surface area contributed by atoms with E-state index in [2.05, 4.69) is 0 Å². The molecule has 0 heterocycles. The second-order valence-corrected chi connectivity index (χ2v) is 2.52. The van der Waals surface area contributed by atoms with Crippen molar-refractivity contribution in [2.45, 2.75) is 0 Å². The summed E-state index contributed by atoms with van der Waals surface area (Å²) in [6.07, 6.45) is 2.71. The number of nitrogens with one attached hydrogen (secondary N) is 1. The summed E-state index contributed by atoms with van der Waals surface area (Å²) >= 11 is 0. The molecule has 1 aromatic carbocycles. The third kappa shape index (κ3) is 2.33. The Hall–Kier alpha value is -1.77. The van der Waals surface area contributed by atoms with Gasteiger partial charge < -0.3 is 15.9 Å². The zero-order valence-corrected chi connectivity index (χ0v) is 7.45. The molecule has 0 spiro atoms. The molecule has 0 saturated heterocycles. The van der Waals surface area contributed by atoms with Gasteiger partial charge in [0.15, 0.2) is 0 Å². The quantitative estimate of drug-likeness (QED) is 0.688. The third-order valence-corrected chi connectivity index (χ3v) is 1.69. The zero-order valence-electron chi connectivity index (χ0n) is 7.45. The van der Waals surface area contributed by atoms with Gasteiger partial charge in [0.1, 0.15) is 5.75 Å². The first kappa shape index (κ1) is 9.32. The topological polar surface area (TPSA) is 59.1 Å². The van der Waals surface area contributed by atoms with E-state index in [1.165, 1.54) is 6.21 Å². The van der Waals surface area contributed by atoms with Crippen molar-refractivity contribution in [3.8, 4) is 5.75 Å². The summed E-state index contributed by atoms with van der Waals surface area (Å²) < 4.78 is 5.00. The maximum atomic E-state index is 6.85. The minimum Gasteiger partial charge on any atom is -0.497 e. The van der Waals surface area contributed by atoms with Crippen molar-refractivity contribution >= 4 is 11.9 Å². The number of hydrogen-bond acceptors (Lipinski definition) is 3. The fraction of sp³-hybridized carbons (Fsp3) is 0.100. The van der Waals surface area contributed by atoms with E-state index >= 15 is 0 Å². The molecule has 0 aliphatic rings. The molecule has 0 aliphatic carbocycles. The van der Waals surface area contributed by atoms with Crippen molar-refractivity contribution in [2.75, 3.05) is 7.11 Å². The van der Waals surface area contributed by atoms with Gasteiger partial charge in [-0.3, -0.25) is 0 Å². The molecule has 0 unspecified atom stereocenters. The molecule has 0 amide bonds. The summed E-state index contributed by atoms with van der Waals surface area (Å²) in [5.41, 5.74) is 7.14. The van der Waals surface area contributed by atoms with Crippen molar-refractivity contribution in [1.29, 1.82) is 5.41 Å². The molecular weight excluding hydrogens is 164 g/mol. The molecule has 68 valence electrons. The number of methoxy groups -OCH3 is 1. The summed E-state index contributed by atoms with van der Waals surface area (Å²) in [7, 11) is 1.62. The molecule has 0 fully saturated rings. The molecule has 0 radical (unpaired) electrons. The highest BCUT2D eigenvalue weighted by molar-refractivity contribution is 5.81. The molecule has 3 nitrogen and oxygen atoms in total. The fourth-order valence-corrected chi connectivity index (χ4v) is 0.969. The number of ether oxygens (including phenoxy) is 1. The van der Waals surface area contributed by atoms with Gasteiger partial charge in [0, 0.05) is 11.9 Å². The zero-order chi connectivity index (χ0) is 9.68. The standard InChI is InChI=1S/C10H12N2O/c1-13-9-4-2-8(3-5-9)10(12)6-7-11/h2-7,11H,12H2,1H3. The average molecular weight is 176 g/mol. The molecule has 3 N–H and O–H groups in total. The van der Waals surface area contributed by atoms with Gasteiger partial charge in [0.2, 0.25) is 0 Å². The number of nitrogens with two attached hydrogens (primary N) is 1. The van der Waals surface area contributed by atoms with Crippen LogP contribution in [0.3, 0.4) is 0 Å². The lowest BCUT2D eigenvalue weighted by Crippen LogP contribution is -1.96. The monoisotopic (exact) mass is 176 g/mol. The maximum Gasteiger partial charge on any atom is 0.118 e. The number of allylic oxidation sites excluding steroid dienone is 1. The van der Waals surface area contributed by atoms with Gasteiger partial charge in [-0.25, -0.2) is 0 Å². The van der Waals surface area contributed by atoms with Gasteiger partial charge in [0.25, 0.3) is 0 Å². The lowest BCUT2D eigenvalue weighted by molar-refractivity contribution is 0.415. The summed E-state index contributed by atoms with van der Waals surface area (Å²) in [5, 5.41) is 6.85. The van der Waals surface area contributed by atoms with Crippen LogP contribution in [0.2, 0.25) is 0 Å². The van der Waals surface area contributed by atoms with Crippen LogP contribution in [0, 0.1) is 5.41 Å². The van der Waals surface area contributed by atoms with E-state index in [-0.39, 0.29) is 0 Å². The molecule has 0 aliphatic heterocycles. The van der Waals surface area contributed by atoms with E-state index in [1.54, 1.807) is 13.2 Å². The first-order valence-corrected chi connectivity index (χ1v) is 3.88. The van der Waals surface area contributed by atoms with Crippen LogP contribution in [-0.2, 0) is 0 Å². The minimum absolute atomic E-state index is 0.581. The van der Waals surface area contributed by atoms with Crippen LogP contribution in [0.1, 0.15) is 5.56 Å². The third-order valence-electron chi connectivity index (χ3n) is 1.69. The Balaban J connectivity index is 2.91. The number of rotatable bonds is 3. The molecule has 3 heteroatoms. The minimum atomic E-state index is 0.581. The molecule has 13 heavy (non-hydrogen) atoms. The first-order chi connectivity index (χ1) is 6.27. The van der Waals surface area contributed by atoms with Crippen LogP contribution in [0.25, 0.3) is 5.70 Å². The Kier molecular flexibility index (Phi) is 3.09. The second kappa shape index (κ2) is 4.30. The van der Waals surface area contributed by atoms with Crippen molar-refractivity contribution in [3.05, 3.63) is 35.9 Å². The molecule has 0 saturated carbocycles. The SMILES string of the molecule is COc1ccc(C(N)=CC=N)cc1. The fourth-order valence-electron chi connectivity index (χ4n) is 0.969. The summed E-state index contributed by atoms with van der Waals surface area (Å²) in [5.74, 6) is 0.798. The van der Waals surface area contributed by atoms with Crippen LogP contribution >= 0.6 is 0 Å². The van der Waals surface area contributed by atoms with Crippen LogP contribution in [0.5, 0.6) is 5.75 Å². The van der Waals surface area contributed by atoms with Crippen LogP contribution < -0.4 is 10.5 Å². The Morgan fingerprint density at radius 2 is 2.00 bits per heavy atom. The highest BCUT2D eigenvalue weighted by atomic mass is 16.5. The van der Waals surface area contributed by atoms with Crippen LogP contribution in [-0.4, -0.2) is 13.3 Å².